The van der Waals surface area contributed by atoms with Crippen LogP contribution in [0.3, 0.4) is 0 Å². The third-order valence-electron chi connectivity index (χ3n) is 2.57. The first kappa shape index (κ1) is 13.4. The van der Waals surface area contributed by atoms with E-state index >= 15 is 0 Å². The third kappa shape index (κ3) is 3.39. The van der Waals surface area contributed by atoms with Crippen LogP contribution in [-0.2, 0) is 0 Å². The Balaban J connectivity index is 2.97. The summed E-state index contributed by atoms with van der Waals surface area (Å²) in [5, 5.41) is 14.0. The molecule has 0 fully saturated rings. The lowest BCUT2D eigenvalue weighted by Crippen LogP contribution is -2.29. The molecule has 1 unspecified atom stereocenters. The molecule has 0 saturated carbocycles. The van der Waals surface area contributed by atoms with Gasteiger partial charge in [0.1, 0.15) is 0 Å². The molecule has 0 aromatic carbocycles. The number of pyridine rings is 1. The van der Waals surface area contributed by atoms with E-state index in [1.54, 1.807) is 19.2 Å². The molecule has 94 valence electrons. The van der Waals surface area contributed by atoms with Gasteiger partial charge in [0, 0.05) is 24.3 Å². The molecule has 0 radical (unpaired) electrons. The van der Waals surface area contributed by atoms with Crippen LogP contribution in [-0.4, -0.2) is 22.5 Å². The summed E-state index contributed by atoms with van der Waals surface area (Å²) in [6, 6.07) is 1.65. The van der Waals surface area contributed by atoms with Crippen molar-refractivity contribution in [2.75, 3.05) is 11.9 Å². The van der Waals surface area contributed by atoms with Gasteiger partial charge in [-0.3, -0.25) is 10.1 Å². The van der Waals surface area contributed by atoms with Gasteiger partial charge in [0.25, 0.3) is 0 Å². The number of aryl methyl sites for hydroxylation is 1. The average Bonchev–Trinajstić information content (AvgIpc) is 2.28. The summed E-state index contributed by atoms with van der Waals surface area (Å²) in [4.78, 5) is 14.6. The van der Waals surface area contributed by atoms with Gasteiger partial charge in [0.2, 0.25) is 5.82 Å². The monoisotopic (exact) mass is 238 g/mol. The van der Waals surface area contributed by atoms with E-state index in [2.05, 4.69) is 10.3 Å². The Morgan fingerprint density at radius 3 is 2.88 bits per heavy atom. The van der Waals surface area contributed by atoms with E-state index in [1.165, 1.54) is 0 Å². The van der Waals surface area contributed by atoms with Crippen LogP contribution < -0.4 is 11.1 Å². The lowest BCUT2D eigenvalue weighted by atomic mass is 10.1. The topological polar surface area (TPSA) is 94.1 Å². The van der Waals surface area contributed by atoms with Crippen molar-refractivity contribution in [2.24, 2.45) is 5.73 Å². The Morgan fingerprint density at radius 1 is 1.65 bits per heavy atom. The van der Waals surface area contributed by atoms with Crippen LogP contribution in [0.25, 0.3) is 0 Å². The van der Waals surface area contributed by atoms with Crippen molar-refractivity contribution in [2.45, 2.75) is 32.7 Å². The van der Waals surface area contributed by atoms with E-state index in [4.69, 9.17) is 5.73 Å². The zero-order valence-corrected chi connectivity index (χ0v) is 10.1. The van der Waals surface area contributed by atoms with Crippen LogP contribution in [0.4, 0.5) is 11.5 Å². The lowest BCUT2D eigenvalue weighted by molar-refractivity contribution is -0.384. The van der Waals surface area contributed by atoms with E-state index in [0.717, 1.165) is 12.8 Å². The molecule has 0 aliphatic heterocycles. The maximum atomic E-state index is 11.0. The largest absolute Gasteiger partial charge is 0.360 e. The summed E-state index contributed by atoms with van der Waals surface area (Å²) in [6.45, 7) is 4.17. The maximum absolute atomic E-state index is 11.0. The predicted octanol–water partition coefficient (Wildman–Crippen LogP) is 1.84. The molecule has 1 aromatic rings. The van der Waals surface area contributed by atoms with Gasteiger partial charge < -0.3 is 11.1 Å². The number of nitrogens with one attached hydrogen (secondary N) is 1. The standard InChI is InChI=1S/C11H18N4O2/c1-3-4-9(7-12)14-11-10(15(16)17)8(2)5-6-13-11/h5-6,9H,3-4,7,12H2,1-2H3,(H,13,14). The highest BCUT2D eigenvalue weighted by atomic mass is 16.6. The zero-order valence-electron chi connectivity index (χ0n) is 10.1. The summed E-state index contributed by atoms with van der Waals surface area (Å²) in [6.07, 6.45) is 3.39. The van der Waals surface area contributed by atoms with Crippen LogP contribution in [0.1, 0.15) is 25.3 Å². The summed E-state index contributed by atoms with van der Waals surface area (Å²) < 4.78 is 0. The number of hydrogen-bond acceptors (Lipinski definition) is 5. The second kappa shape index (κ2) is 6.15. The van der Waals surface area contributed by atoms with Gasteiger partial charge >= 0.3 is 5.69 Å². The first-order chi connectivity index (χ1) is 8.10. The minimum Gasteiger partial charge on any atom is -0.360 e. The number of aromatic nitrogens is 1. The van der Waals surface area contributed by atoms with Crippen LogP contribution in [0.5, 0.6) is 0 Å². The first-order valence-electron chi connectivity index (χ1n) is 5.66. The van der Waals surface area contributed by atoms with Crippen molar-refractivity contribution in [3.63, 3.8) is 0 Å². The molecule has 0 bridgehead atoms. The van der Waals surface area contributed by atoms with Gasteiger partial charge in [-0.15, -0.1) is 0 Å². The number of anilines is 1. The van der Waals surface area contributed by atoms with Gasteiger partial charge in [-0.05, 0) is 19.4 Å². The Hall–Kier alpha value is -1.69. The van der Waals surface area contributed by atoms with Crippen LogP contribution >= 0.6 is 0 Å². The van der Waals surface area contributed by atoms with Gasteiger partial charge in [-0.2, -0.15) is 0 Å². The third-order valence-corrected chi connectivity index (χ3v) is 2.57. The molecule has 0 amide bonds. The summed E-state index contributed by atoms with van der Waals surface area (Å²) in [5.41, 5.74) is 6.24. The molecular formula is C11H18N4O2. The van der Waals surface area contributed by atoms with Crippen LogP contribution in [0.15, 0.2) is 12.3 Å². The molecule has 3 N–H and O–H groups in total. The van der Waals surface area contributed by atoms with Crippen LogP contribution in [0.2, 0.25) is 0 Å². The van der Waals surface area contributed by atoms with Crippen molar-refractivity contribution in [1.82, 2.24) is 4.98 Å². The maximum Gasteiger partial charge on any atom is 0.314 e. The van der Waals surface area contributed by atoms with Gasteiger partial charge in [-0.1, -0.05) is 13.3 Å². The lowest BCUT2D eigenvalue weighted by Gasteiger charge is -2.16. The number of nitrogens with two attached hydrogens (primary N) is 1. The molecule has 1 rings (SSSR count). The fraction of sp³-hybridized carbons (Fsp3) is 0.545. The predicted molar refractivity (Wildman–Crippen MR) is 67.0 cm³/mol. The number of nitro groups is 1. The highest BCUT2D eigenvalue weighted by molar-refractivity contribution is 5.60. The number of rotatable bonds is 6. The highest BCUT2D eigenvalue weighted by Crippen LogP contribution is 2.26. The number of nitrogens with zero attached hydrogens (tertiary/aromatic N) is 2. The van der Waals surface area contributed by atoms with E-state index in [0.29, 0.717) is 17.9 Å². The average molecular weight is 238 g/mol. The smallest absolute Gasteiger partial charge is 0.314 e. The second-order valence-electron chi connectivity index (χ2n) is 3.95. The minimum absolute atomic E-state index is 0.0213. The quantitative estimate of drug-likeness (QED) is 0.582. The Labute approximate surface area is 100 Å². The SMILES string of the molecule is CCCC(CN)Nc1nccc(C)c1[N+](=O)[O-]. The fourth-order valence-corrected chi connectivity index (χ4v) is 1.68. The van der Waals surface area contributed by atoms with Crippen molar-refractivity contribution in [3.05, 3.63) is 27.9 Å². The number of hydrogen-bond donors (Lipinski definition) is 2. The Morgan fingerprint density at radius 2 is 2.35 bits per heavy atom. The van der Waals surface area contributed by atoms with E-state index in [9.17, 15) is 10.1 Å². The van der Waals surface area contributed by atoms with Crippen molar-refractivity contribution >= 4 is 11.5 Å². The summed E-state index contributed by atoms with van der Waals surface area (Å²) in [7, 11) is 0. The Kier molecular flexibility index (Phi) is 4.84. The van der Waals surface area contributed by atoms with Gasteiger partial charge in [-0.25, -0.2) is 4.98 Å². The molecule has 0 spiro atoms. The van der Waals surface area contributed by atoms with Gasteiger partial charge in [0.05, 0.1) is 4.92 Å². The zero-order chi connectivity index (χ0) is 12.8. The van der Waals surface area contributed by atoms with E-state index < -0.39 is 4.92 Å². The molecular weight excluding hydrogens is 220 g/mol. The highest BCUT2D eigenvalue weighted by Gasteiger charge is 2.20. The van der Waals surface area contributed by atoms with Crippen LogP contribution in [0, 0.1) is 17.0 Å². The van der Waals surface area contributed by atoms with E-state index in [-0.39, 0.29) is 11.7 Å². The molecule has 1 atom stereocenters. The first-order valence-corrected chi connectivity index (χ1v) is 5.66. The fourth-order valence-electron chi connectivity index (χ4n) is 1.68. The molecule has 1 aromatic heterocycles. The summed E-state index contributed by atoms with van der Waals surface area (Å²) in [5.74, 6) is 0.305. The molecule has 6 heteroatoms. The van der Waals surface area contributed by atoms with Crippen molar-refractivity contribution < 1.29 is 4.92 Å². The molecule has 6 nitrogen and oxygen atoms in total. The molecule has 0 aliphatic carbocycles. The second-order valence-corrected chi connectivity index (χ2v) is 3.95. The van der Waals surface area contributed by atoms with E-state index in [1.807, 2.05) is 6.92 Å². The molecule has 17 heavy (non-hydrogen) atoms. The van der Waals surface area contributed by atoms with Crippen molar-refractivity contribution in [1.29, 1.82) is 0 Å². The minimum atomic E-state index is -0.413. The normalized spacial score (nSPS) is 12.2. The molecule has 0 aliphatic rings. The van der Waals surface area contributed by atoms with Crippen molar-refractivity contribution in [3.8, 4) is 0 Å². The molecule has 1 heterocycles. The molecule has 0 saturated heterocycles. The van der Waals surface area contributed by atoms with Gasteiger partial charge in [0.15, 0.2) is 0 Å². The summed E-state index contributed by atoms with van der Waals surface area (Å²) >= 11 is 0. The Bertz CT molecular complexity index is 395.